The first kappa shape index (κ1) is 16.9. The minimum Gasteiger partial charge on any atom is -0.352 e. The Labute approximate surface area is 135 Å². The fourth-order valence-electron chi connectivity index (χ4n) is 2.07. The molecular formula is C15H20N2O3S2. The molecule has 22 heavy (non-hydrogen) atoms. The van der Waals surface area contributed by atoms with Crippen LogP contribution >= 0.6 is 11.3 Å². The highest BCUT2D eigenvalue weighted by Gasteiger charge is 2.14. The molecule has 2 rings (SSSR count). The molecule has 1 amide bonds. The lowest BCUT2D eigenvalue weighted by atomic mass is 10.1. The number of benzene rings is 1. The third-order valence-corrected chi connectivity index (χ3v) is 6.25. The molecule has 1 heterocycles. The van der Waals surface area contributed by atoms with E-state index in [9.17, 15) is 13.2 Å². The normalized spacial score (nSPS) is 12.0. The second-order valence-corrected chi connectivity index (χ2v) is 8.32. The van der Waals surface area contributed by atoms with Crippen LogP contribution in [0.5, 0.6) is 0 Å². The molecule has 0 bridgehead atoms. The highest BCUT2D eigenvalue weighted by atomic mass is 32.2. The quantitative estimate of drug-likeness (QED) is 0.787. The van der Waals surface area contributed by atoms with E-state index < -0.39 is 10.0 Å². The van der Waals surface area contributed by atoms with E-state index in [4.69, 9.17) is 0 Å². The average molecular weight is 340 g/mol. The number of fused-ring (bicyclic) bond motifs is 1. The summed E-state index contributed by atoms with van der Waals surface area (Å²) in [5.74, 6) is -0.0367. The number of nitrogens with one attached hydrogen (secondary N) is 1. The molecule has 120 valence electrons. The Morgan fingerprint density at radius 3 is 2.82 bits per heavy atom. The second kappa shape index (κ2) is 7.21. The molecule has 1 aromatic heterocycles. The first-order valence-corrected chi connectivity index (χ1v) is 9.62. The van der Waals surface area contributed by atoms with E-state index in [1.165, 1.54) is 4.31 Å². The molecule has 0 aliphatic carbocycles. The van der Waals surface area contributed by atoms with Crippen molar-refractivity contribution in [1.29, 1.82) is 0 Å². The minimum atomic E-state index is -3.15. The van der Waals surface area contributed by atoms with Gasteiger partial charge in [-0.3, -0.25) is 4.79 Å². The molecule has 1 N–H and O–H groups in total. The average Bonchev–Trinajstić information content (AvgIpc) is 2.98. The lowest BCUT2D eigenvalue weighted by Gasteiger charge is -2.15. The number of thiophene rings is 1. The molecule has 0 fully saturated rings. The lowest BCUT2D eigenvalue weighted by Crippen LogP contribution is -2.32. The van der Waals surface area contributed by atoms with Crippen molar-refractivity contribution in [2.75, 3.05) is 25.9 Å². The van der Waals surface area contributed by atoms with Gasteiger partial charge >= 0.3 is 0 Å². The van der Waals surface area contributed by atoms with Crippen LogP contribution in [-0.2, 0) is 10.0 Å². The molecule has 0 saturated carbocycles. The molecule has 0 aliphatic rings. The highest BCUT2D eigenvalue weighted by Crippen LogP contribution is 2.21. The first-order chi connectivity index (χ1) is 10.4. The van der Waals surface area contributed by atoms with Crippen LogP contribution in [0.15, 0.2) is 29.6 Å². The molecule has 0 radical (unpaired) electrons. The first-order valence-electron chi connectivity index (χ1n) is 7.13. The number of hydrogen-bond acceptors (Lipinski definition) is 4. The van der Waals surface area contributed by atoms with Gasteiger partial charge in [-0.1, -0.05) is 0 Å². The summed E-state index contributed by atoms with van der Waals surface area (Å²) in [5.41, 5.74) is 0.625. The largest absolute Gasteiger partial charge is 0.352 e. The predicted octanol–water partition coefficient (Wildman–Crippen LogP) is 2.30. The Hall–Kier alpha value is -1.44. The Kier molecular flexibility index (Phi) is 5.55. The molecule has 1 aromatic carbocycles. The Bertz CT molecular complexity index is 753. The number of sulfonamides is 1. The van der Waals surface area contributed by atoms with Crippen molar-refractivity contribution in [3.63, 3.8) is 0 Å². The maximum atomic E-state index is 12.1. The maximum absolute atomic E-state index is 12.1. The van der Waals surface area contributed by atoms with Crippen LogP contribution in [0.2, 0.25) is 0 Å². The topological polar surface area (TPSA) is 66.5 Å². The Morgan fingerprint density at radius 2 is 2.09 bits per heavy atom. The summed E-state index contributed by atoms with van der Waals surface area (Å²) in [7, 11) is -1.59. The maximum Gasteiger partial charge on any atom is 0.251 e. The van der Waals surface area contributed by atoms with Crippen molar-refractivity contribution < 1.29 is 13.2 Å². The summed E-state index contributed by atoms with van der Waals surface area (Å²) in [6, 6.07) is 7.61. The summed E-state index contributed by atoms with van der Waals surface area (Å²) < 4.78 is 25.7. The monoisotopic (exact) mass is 340 g/mol. The van der Waals surface area contributed by atoms with Crippen molar-refractivity contribution in [1.82, 2.24) is 9.62 Å². The smallest absolute Gasteiger partial charge is 0.251 e. The number of rotatable bonds is 7. The van der Waals surface area contributed by atoms with Gasteiger partial charge in [0.05, 0.1) is 5.75 Å². The molecule has 2 aromatic rings. The molecule has 0 aliphatic heterocycles. The van der Waals surface area contributed by atoms with Crippen molar-refractivity contribution in [3.8, 4) is 0 Å². The zero-order chi connectivity index (χ0) is 16.2. The van der Waals surface area contributed by atoms with E-state index in [0.29, 0.717) is 25.1 Å². The van der Waals surface area contributed by atoms with Crippen molar-refractivity contribution in [2.45, 2.75) is 13.3 Å². The zero-order valence-corrected chi connectivity index (χ0v) is 14.3. The van der Waals surface area contributed by atoms with Gasteiger partial charge in [0, 0.05) is 30.4 Å². The summed E-state index contributed by atoms with van der Waals surface area (Å²) in [4.78, 5) is 12.1. The van der Waals surface area contributed by atoms with Crippen molar-refractivity contribution >= 4 is 37.4 Å². The molecule has 0 spiro atoms. The van der Waals surface area contributed by atoms with Crippen LogP contribution in [0.25, 0.3) is 10.1 Å². The van der Waals surface area contributed by atoms with Crippen LogP contribution in [0.3, 0.4) is 0 Å². The van der Waals surface area contributed by atoms with E-state index in [1.54, 1.807) is 25.3 Å². The molecule has 0 unspecified atom stereocenters. The summed E-state index contributed by atoms with van der Waals surface area (Å²) >= 11 is 1.64. The van der Waals surface area contributed by atoms with Crippen molar-refractivity contribution in [3.05, 3.63) is 35.2 Å². The number of nitrogens with zero attached hydrogens (tertiary/aromatic N) is 1. The van der Waals surface area contributed by atoms with Crippen molar-refractivity contribution in [2.24, 2.45) is 0 Å². The second-order valence-electron chi connectivity index (χ2n) is 5.00. The van der Waals surface area contributed by atoms with E-state index in [-0.39, 0.29) is 11.7 Å². The SMILES string of the molecule is CCS(=O)(=O)N(C)CCCNC(=O)c1ccc2sccc2c1. The van der Waals surface area contributed by atoms with Gasteiger partial charge in [0.15, 0.2) is 0 Å². The van der Waals surface area contributed by atoms with Gasteiger partial charge in [-0.25, -0.2) is 12.7 Å². The van der Waals surface area contributed by atoms with Gasteiger partial charge in [-0.15, -0.1) is 11.3 Å². The summed E-state index contributed by atoms with van der Waals surface area (Å²) in [6.07, 6.45) is 0.585. The Morgan fingerprint density at radius 1 is 1.32 bits per heavy atom. The third-order valence-electron chi connectivity index (χ3n) is 3.49. The molecule has 0 atom stereocenters. The third kappa shape index (κ3) is 4.06. The van der Waals surface area contributed by atoms with Gasteiger partial charge in [0.1, 0.15) is 0 Å². The number of hydrogen-bond donors (Lipinski definition) is 1. The Balaban J connectivity index is 1.83. The number of carbonyl (C=O) groups excluding carboxylic acids is 1. The van der Waals surface area contributed by atoms with Gasteiger partial charge in [0.2, 0.25) is 10.0 Å². The minimum absolute atomic E-state index is 0.0938. The van der Waals surface area contributed by atoms with Gasteiger partial charge in [0.25, 0.3) is 5.91 Å². The highest BCUT2D eigenvalue weighted by molar-refractivity contribution is 7.89. The van der Waals surface area contributed by atoms with Crippen LogP contribution in [0.1, 0.15) is 23.7 Å². The van der Waals surface area contributed by atoms with Gasteiger partial charge < -0.3 is 5.32 Å². The number of amides is 1. The fourth-order valence-corrected chi connectivity index (χ4v) is 3.69. The van der Waals surface area contributed by atoms with Crippen LogP contribution in [0, 0.1) is 0 Å². The van der Waals surface area contributed by atoms with E-state index >= 15 is 0 Å². The molecule has 5 nitrogen and oxygen atoms in total. The van der Waals surface area contributed by atoms with Gasteiger partial charge in [-0.2, -0.15) is 0 Å². The predicted molar refractivity (Wildman–Crippen MR) is 90.9 cm³/mol. The van der Waals surface area contributed by atoms with Gasteiger partial charge in [-0.05, 0) is 48.4 Å². The summed E-state index contributed by atoms with van der Waals surface area (Å²) in [5, 5.41) is 5.88. The zero-order valence-electron chi connectivity index (χ0n) is 12.7. The molecule has 0 saturated heterocycles. The van der Waals surface area contributed by atoms with E-state index in [0.717, 1.165) is 10.1 Å². The van der Waals surface area contributed by atoms with E-state index in [2.05, 4.69) is 5.32 Å². The lowest BCUT2D eigenvalue weighted by molar-refractivity contribution is 0.0953. The number of carbonyl (C=O) groups is 1. The van der Waals surface area contributed by atoms with Crippen LogP contribution < -0.4 is 5.32 Å². The van der Waals surface area contributed by atoms with E-state index in [1.807, 2.05) is 29.6 Å². The molecule has 7 heteroatoms. The summed E-state index contributed by atoms with van der Waals surface area (Å²) in [6.45, 7) is 2.47. The van der Waals surface area contributed by atoms with Crippen LogP contribution in [-0.4, -0.2) is 44.5 Å². The standard InChI is InChI=1S/C15H20N2O3S2/c1-3-22(19,20)17(2)9-4-8-16-15(18)13-5-6-14-12(11-13)7-10-21-14/h5-7,10-11H,3-4,8-9H2,1-2H3,(H,16,18). The fraction of sp³-hybridized carbons (Fsp3) is 0.400. The molecular weight excluding hydrogens is 320 g/mol. The van der Waals surface area contributed by atoms with Crippen LogP contribution in [0.4, 0.5) is 0 Å².